The number of carbonyl (C=O) groups is 1. The Balaban J connectivity index is 1.85. The van der Waals surface area contributed by atoms with E-state index in [1.165, 1.54) is 0 Å². The topological polar surface area (TPSA) is 66.9 Å². The summed E-state index contributed by atoms with van der Waals surface area (Å²) in [5.74, 6) is 1.15. The minimum atomic E-state index is 0.0214. The van der Waals surface area contributed by atoms with Crippen LogP contribution in [0.2, 0.25) is 5.02 Å². The van der Waals surface area contributed by atoms with E-state index in [4.69, 9.17) is 11.6 Å². The van der Waals surface area contributed by atoms with Crippen molar-refractivity contribution in [2.45, 2.75) is 20.8 Å². The lowest BCUT2D eigenvalue weighted by atomic mass is 10.1. The second-order valence-electron chi connectivity index (χ2n) is 6.06. The molecule has 0 radical (unpaired) electrons. The first-order valence-corrected chi connectivity index (χ1v) is 8.55. The molecular weight excluding hydrogens is 348 g/mol. The van der Waals surface area contributed by atoms with Crippen LogP contribution in [0.15, 0.2) is 48.5 Å². The van der Waals surface area contributed by atoms with Crippen LogP contribution in [0.4, 0.5) is 23.1 Å². The van der Waals surface area contributed by atoms with Crippen LogP contribution in [-0.4, -0.2) is 15.8 Å². The van der Waals surface area contributed by atoms with Gasteiger partial charge in [-0.1, -0.05) is 23.7 Å². The van der Waals surface area contributed by atoms with Gasteiger partial charge in [-0.25, -0.2) is 4.98 Å². The van der Waals surface area contributed by atoms with Crippen LogP contribution < -0.4 is 10.6 Å². The predicted octanol–water partition coefficient (Wildman–Crippen LogP) is 5.44. The summed E-state index contributed by atoms with van der Waals surface area (Å²) in [4.78, 5) is 20.5. The van der Waals surface area contributed by atoms with E-state index in [0.717, 1.165) is 22.6 Å². The summed E-state index contributed by atoms with van der Waals surface area (Å²) in [5, 5.41) is 7.13. The van der Waals surface area contributed by atoms with Crippen molar-refractivity contribution in [3.63, 3.8) is 0 Å². The fourth-order valence-corrected chi connectivity index (χ4v) is 2.77. The monoisotopic (exact) mass is 366 g/mol. The normalized spacial score (nSPS) is 10.5. The fourth-order valence-electron chi connectivity index (χ4n) is 2.54. The second kappa shape index (κ2) is 7.54. The first-order chi connectivity index (χ1) is 12.4. The zero-order valence-electron chi connectivity index (χ0n) is 14.8. The van der Waals surface area contributed by atoms with E-state index in [9.17, 15) is 4.79 Å². The maximum atomic E-state index is 11.5. The number of nitrogens with one attached hydrogen (secondary N) is 2. The molecule has 2 N–H and O–H groups in total. The van der Waals surface area contributed by atoms with Crippen molar-refractivity contribution in [3.8, 4) is 0 Å². The van der Waals surface area contributed by atoms with Gasteiger partial charge in [0, 0.05) is 33.7 Å². The zero-order chi connectivity index (χ0) is 18.7. The third kappa shape index (κ3) is 4.37. The third-order valence-corrected chi connectivity index (χ3v) is 4.07. The molecule has 0 aliphatic rings. The number of halogens is 1. The molecule has 1 aromatic heterocycles. The summed E-state index contributed by atoms with van der Waals surface area (Å²) in [5.41, 5.74) is 4.16. The van der Waals surface area contributed by atoms with Gasteiger partial charge in [-0.2, -0.15) is 4.98 Å². The van der Waals surface area contributed by atoms with Crippen LogP contribution in [0.3, 0.4) is 0 Å². The molecule has 3 rings (SSSR count). The van der Waals surface area contributed by atoms with Crippen LogP contribution in [0.5, 0.6) is 0 Å². The smallest absolute Gasteiger partial charge is 0.229 e. The molecule has 0 bridgehead atoms. The van der Waals surface area contributed by atoms with Crippen LogP contribution in [0.25, 0.3) is 0 Å². The molecule has 3 aromatic rings. The number of Topliss-reactive ketones (excluding diaryl/α,β-unsaturated/α-hetero) is 1. The number of nitrogens with zero attached hydrogens (tertiary/aromatic N) is 2. The number of carbonyl (C=O) groups excluding carboxylic acids is 1. The Kier molecular flexibility index (Phi) is 5.19. The van der Waals surface area contributed by atoms with Gasteiger partial charge in [-0.15, -0.1) is 0 Å². The number of hydrogen-bond acceptors (Lipinski definition) is 5. The van der Waals surface area contributed by atoms with Gasteiger partial charge in [0.2, 0.25) is 5.95 Å². The van der Waals surface area contributed by atoms with Gasteiger partial charge in [0.1, 0.15) is 5.82 Å². The zero-order valence-corrected chi connectivity index (χ0v) is 15.6. The van der Waals surface area contributed by atoms with Crippen LogP contribution in [-0.2, 0) is 0 Å². The lowest BCUT2D eigenvalue weighted by molar-refractivity contribution is 0.101. The summed E-state index contributed by atoms with van der Waals surface area (Å²) in [6, 6.07) is 14.8. The maximum absolute atomic E-state index is 11.5. The summed E-state index contributed by atoms with van der Waals surface area (Å²) >= 11 is 6.00. The van der Waals surface area contributed by atoms with E-state index in [2.05, 4.69) is 20.6 Å². The predicted molar refractivity (Wildman–Crippen MR) is 106 cm³/mol. The molecule has 5 nitrogen and oxygen atoms in total. The standard InChI is InChI=1S/C20H19ClN4O/c1-12-9-16(21)7-8-18(12)24-20-22-13(2)10-19(25-20)23-17-6-4-5-15(11-17)14(3)26/h4-11H,1-3H3,(H2,22,23,24,25). The number of aryl methyl sites for hydroxylation is 2. The van der Waals surface area contributed by atoms with E-state index in [1.54, 1.807) is 19.1 Å². The Hall–Kier alpha value is -2.92. The minimum Gasteiger partial charge on any atom is -0.340 e. The van der Waals surface area contributed by atoms with Crippen molar-refractivity contribution >= 4 is 40.5 Å². The molecule has 6 heteroatoms. The van der Waals surface area contributed by atoms with Gasteiger partial charge in [-0.05, 0) is 56.7 Å². The Bertz CT molecular complexity index is 972. The number of rotatable bonds is 5. The lowest BCUT2D eigenvalue weighted by Gasteiger charge is -2.12. The highest BCUT2D eigenvalue weighted by Gasteiger charge is 2.07. The largest absolute Gasteiger partial charge is 0.340 e. The van der Waals surface area contributed by atoms with Gasteiger partial charge in [-0.3, -0.25) is 4.79 Å². The summed E-state index contributed by atoms with van der Waals surface area (Å²) < 4.78 is 0. The first kappa shape index (κ1) is 17.9. The first-order valence-electron chi connectivity index (χ1n) is 8.17. The molecule has 0 amide bonds. The van der Waals surface area contributed by atoms with Crippen molar-refractivity contribution in [2.75, 3.05) is 10.6 Å². The van der Waals surface area contributed by atoms with Gasteiger partial charge in [0.25, 0.3) is 0 Å². The Labute approximate surface area is 157 Å². The molecule has 0 aliphatic heterocycles. The van der Waals surface area contributed by atoms with Crippen molar-refractivity contribution in [3.05, 3.63) is 70.4 Å². The molecule has 0 aliphatic carbocycles. The third-order valence-electron chi connectivity index (χ3n) is 3.83. The van der Waals surface area contributed by atoms with E-state index in [0.29, 0.717) is 22.4 Å². The molecule has 132 valence electrons. The van der Waals surface area contributed by atoms with Gasteiger partial charge in [0.05, 0.1) is 0 Å². The van der Waals surface area contributed by atoms with Crippen LogP contribution >= 0.6 is 11.6 Å². The van der Waals surface area contributed by atoms with Gasteiger partial charge in [0.15, 0.2) is 5.78 Å². The van der Waals surface area contributed by atoms with Crippen molar-refractivity contribution in [1.29, 1.82) is 0 Å². The molecule has 0 fully saturated rings. The van der Waals surface area contributed by atoms with E-state index in [1.807, 2.05) is 50.2 Å². The molecule has 26 heavy (non-hydrogen) atoms. The van der Waals surface area contributed by atoms with Crippen molar-refractivity contribution < 1.29 is 4.79 Å². The Morgan fingerprint density at radius 1 is 1.00 bits per heavy atom. The van der Waals surface area contributed by atoms with Crippen molar-refractivity contribution in [2.24, 2.45) is 0 Å². The molecule has 0 unspecified atom stereocenters. The Morgan fingerprint density at radius 3 is 2.54 bits per heavy atom. The second-order valence-corrected chi connectivity index (χ2v) is 6.50. The van der Waals surface area contributed by atoms with Gasteiger partial charge >= 0.3 is 0 Å². The molecular formula is C20H19ClN4O. The Morgan fingerprint density at radius 2 is 1.81 bits per heavy atom. The van der Waals surface area contributed by atoms with E-state index in [-0.39, 0.29) is 5.78 Å². The van der Waals surface area contributed by atoms with Gasteiger partial charge < -0.3 is 10.6 Å². The number of ketones is 1. The lowest BCUT2D eigenvalue weighted by Crippen LogP contribution is -2.03. The quantitative estimate of drug-likeness (QED) is 0.589. The highest BCUT2D eigenvalue weighted by Crippen LogP contribution is 2.24. The average Bonchev–Trinajstić information content (AvgIpc) is 2.57. The number of aromatic nitrogens is 2. The molecule has 1 heterocycles. The molecule has 2 aromatic carbocycles. The minimum absolute atomic E-state index is 0.0214. The molecule has 0 saturated carbocycles. The fraction of sp³-hybridized carbons (Fsp3) is 0.150. The number of anilines is 4. The van der Waals surface area contributed by atoms with E-state index >= 15 is 0 Å². The van der Waals surface area contributed by atoms with Crippen molar-refractivity contribution in [1.82, 2.24) is 9.97 Å². The SMILES string of the molecule is CC(=O)c1cccc(Nc2cc(C)nc(Nc3ccc(Cl)cc3C)n2)c1. The number of hydrogen-bond donors (Lipinski definition) is 2. The molecule has 0 saturated heterocycles. The summed E-state index contributed by atoms with van der Waals surface area (Å²) in [6.45, 7) is 5.42. The van der Waals surface area contributed by atoms with Crippen LogP contribution in [0, 0.1) is 13.8 Å². The highest BCUT2D eigenvalue weighted by molar-refractivity contribution is 6.30. The molecule has 0 atom stereocenters. The number of benzene rings is 2. The van der Waals surface area contributed by atoms with E-state index < -0.39 is 0 Å². The highest BCUT2D eigenvalue weighted by atomic mass is 35.5. The van der Waals surface area contributed by atoms with Crippen LogP contribution in [0.1, 0.15) is 28.5 Å². The summed E-state index contributed by atoms with van der Waals surface area (Å²) in [6.07, 6.45) is 0. The summed E-state index contributed by atoms with van der Waals surface area (Å²) in [7, 11) is 0. The maximum Gasteiger partial charge on any atom is 0.229 e. The molecule has 0 spiro atoms. The average molecular weight is 367 g/mol.